The van der Waals surface area contributed by atoms with Crippen molar-refractivity contribution < 1.29 is 14.6 Å². The molecule has 0 bridgehead atoms. The zero-order valence-electron chi connectivity index (χ0n) is 12.2. The summed E-state index contributed by atoms with van der Waals surface area (Å²) in [7, 11) is 0. The largest absolute Gasteiger partial charge is 0.494 e. The van der Waals surface area contributed by atoms with Gasteiger partial charge in [0.25, 0.3) is 0 Å². The van der Waals surface area contributed by atoms with E-state index in [1.54, 1.807) is 0 Å². The van der Waals surface area contributed by atoms with E-state index in [0.717, 1.165) is 12.2 Å². The molecule has 0 unspecified atom stereocenters. The molecule has 0 fully saturated rings. The fourth-order valence-corrected chi connectivity index (χ4v) is 1.82. The van der Waals surface area contributed by atoms with Gasteiger partial charge in [-0.05, 0) is 37.0 Å². The quantitative estimate of drug-likeness (QED) is 0.639. The molecular weight excluding hydrogens is 252 g/mol. The van der Waals surface area contributed by atoms with E-state index in [-0.39, 0.29) is 6.42 Å². The molecule has 0 aromatic heterocycles. The molecule has 0 saturated heterocycles. The molecule has 0 radical (unpaired) electrons. The second-order valence-electron chi connectivity index (χ2n) is 4.81. The Morgan fingerprint density at radius 2 is 1.95 bits per heavy atom. The van der Waals surface area contributed by atoms with Crippen LogP contribution in [0.5, 0.6) is 5.75 Å². The number of hydrogen-bond acceptors (Lipinski definition) is 2. The number of aliphatic carboxylic acids is 1. The number of carboxylic acid groups (broad SMARTS) is 1. The highest BCUT2D eigenvalue weighted by molar-refractivity contribution is 5.66. The molecule has 1 N–H and O–H groups in total. The molecule has 0 aliphatic heterocycles. The van der Waals surface area contributed by atoms with Crippen molar-refractivity contribution in [2.45, 2.75) is 45.4 Å². The van der Waals surface area contributed by atoms with Gasteiger partial charge in [0.05, 0.1) is 6.61 Å². The molecule has 1 rings (SSSR count). The standard InChI is InChI=1S/C17H24O3/c1-2-3-4-5-6-8-15-10-12-16(13-11-15)20-14-7-9-17(18)19/h6,8,10-13H,2-5,7,9,14H2,1H3,(H,18,19)/b8-6-. The second kappa shape index (κ2) is 10.1. The van der Waals surface area contributed by atoms with Crippen LogP contribution >= 0.6 is 0 Å². The minimum Gasteiger partial charge on any atom is -0.494 e. The Balaban J connectivity index is 2.27. The number of hydrogen-bond donors (Lipinski definition) is 1. The van der Waals surface area contributed by atoms with Crippen LogP contribution < -0.4 is 4.74 Å². The van der Waals surface area contributed by atoms with Crippen molar-refractivity contribution in [1.29, 1.82) is 0 Å². The summed E-state index contributed by atoms with van der Waals surface area (Å²) >= 11 is 0. The van der Waals surface area contributed by atoms with E-state index in [1.165, 1.54) is 24.8 Å². The van der Waals surface area contributed by atoms with Gasteiger partial charge in [0.2, 0.25) is 0 Å². The van der Waals surface area contributed by atoms with Crippen LogP contribution in [0.3, 0.4) is 0 Å². The number of carboxylic acids is 1. The van der Waals surface area contributed by atoms with Crippen molar-refractivity contribution in [2.24, 2.45) is 0 Å². The van der Waals surface area contributed by atoms with E-state index in [0.29, 0.717) is 13.0 Å². The van der Waals surface area contributed by atoms with Crippen LogP contribution in [0.1, 0.15) is 51.0 Å². The molecule has 20 heavy (non-hydrogen) atoms. The third kappa shape index (κ3) is 7.62. The second-order valence-corrected chi connectivity index (χ2v) is 4.81. The maximum Gasteiger partial charge on any atom is 0.303 e. The summed E-state index contributed by atoms with van der Waals surface area (Å²) in [5.41, 5.74) is 1.17. The number of unbranched alkanes of at least 4 members (excludes halogenated alkanes) is 3. The van der Waals surface area contributed by atoms with Crippen LogP contribution in [0.4, 0.5) is 0 Å². The fourth-order valence-electron chi connectivity index (χ4n) is 1.82. The first-order valence-electron chi connectivity index (χ1n) is 7.33. The van der Waals surface area contributed by atoms with Crippen molar-refractivity contribution in [1.82, 2.24) is 0 Å². The van der Waals surface area contributed by atoms with Gasteiger partial charge in [0.1, 0.15) is 5.75 Å². The van der Waals surface area contributed by atoms with E-state index < -0.39 is 5.97 Å². The molecule has 0 aliphatic carbocycles. The van der Waals surface area contributed by atoms with Crippen molar-refractivity contribution in [3.63, 3.8) is 0 Å². The first kappa shape index (κ1) is 16.3. The van der Waals surface area contributed by atoms with Crippen molar-refractivity contribution in [3.8, 4) is 5.75 Å². The summed E-state index contributed by atoms with van der Waals surface area (Å²) in [6.07, 6.45) is 9.93. The summed E-state index contributed by atoms with van der Waals surface area (Å²) in [6.45, 7) is 2.65. The minimum atomic E-state index is -0.780. The third-order valence-electron chi connectivity index (χ3n) is 2.97. The van der Waals surface area contributed by atoms with Gasteiger partial charge < -0.3 is 9.84 Å². The zero-order valence-corrected chi connectivity index (χ0v) is 12.2. The number of carbonyl (C=O) groups is 1. The number of rotatable bonds is 10. The zero-order chi connectivity index (χ0) is 14.6. The highest BCUT2D eigenvalue weighted by atomic mass is 16.5. The first-order valence-corrected chi connectivity index (χ1v) is 7.33. The van der Waals surface area contributed by atoms with Crippen LogP contribution in [-0.4, -0.2) is 17.7 Å². The smallest absolute Gasteiger partial charge is 0.303 e. The predicted octanol–water partition coefficient (Wildman–Crippen LogP) is 4.52. The molecule has 0 atom stereocenters. The minimum absolute atomic E-state index is 0.151. The van der Waals surface area contributed by atoms with Crippen molar-refractivity contribution in [2.75, 3.05) is 6.61 Å². The van der Waals surface area contributed by atoms with Gasteiger partial charge in [-0.2, -0.15) is 0 Å². The molecule has 3 nitrogen and oxygen atoms in total. The van der Waals surface area contributed by atoms with E-state index >= 15 is 0 Å². The van der Waals surface area contributed by atoms with Gasteiger partial charge in [-0.1, -0.05) is 44.1 Å². The number of benzene rings is 1. The molecule has 1 aromatic carbocycles. The van der Waals surface area contributed by atoms with E-state index in [9.17, 15) is 4.79 Å². The van der Waals surface area contributed by atoms with E-state index in [1.807, 2.05) is 24.3 Å². The van der Waals surface area contributed by atoms with E-state index in [2.05, 4.69) is 19.1 Å². The Morgan fingerprint density at radius 1 is 1.20 bits per heavy atom. The molecule has 0 aliphatic rings. The van der Waals surface area contributed by atoms with Gasteiger partial charge in [-0.15, -0.1) is 0 Å². The summed E-state index contributed by atoms with van der Waals surface area (Å²) in [5.74, 6) is 0.00989. The summed E-state index contributed by atoms with van der Waals surface area (Å²) < 4.78 is 5.48. The topological polar surface area (TPSA) is 46.5 Å². The third-order valence-corrected chi connectivity index (χ3v) is 2.97. The molecule has 0 spiro atoms. The van der Waals surface area contributed by atoms with Crippen molar-refractivity contribution in [3.05, 3.63) is 35.9 Å². The Bertz CT molecular complexity index is 407. The molecule has 3 heteroatoms. The average Bonchev–Trinajstić information content (AvgIpc) is 2.44. The SMILES string of the molecule is CCCCC/C=C\c1ccc(OCCCC(=O)O)cc1. The lowest BCUT2D eigenvalue weighted by molar-refractivity contribution is -0.137. The van der Waals surface area contributed by atoms with Crippen LogP contribution in [0.15, 0.2) is 30.3 Å². The molecule has 1 aromatic rings. The van der Waals surface area contributed by atoms with E-state index in [4.69, 9.17) is 9.84 Å². The summed E-state index contributed by atoms with van der Waals surface area (Å²) in [6, 6.07) is 7.88. The number of ether oxygens (including phenoxy) is 1. The van der Waals surface area contributed by atoms with Gasteiger partial charge >= 0.3 is 5.97 Å². The molecule has 0 saturated carbocycles. The maximum absolute atomic E-state index is 10.4. The van der Waals surface area contributed by atoms with Crippen LogP contribution in [-0.2, 0) is 4.79 Å². The monoisotopic (exact) mass is 276 g/mol. The van der Waals surface area contributed by atoms with Gasteiger partial charge in [-0.25, -0.2) is 0 Å². The predicted molar refractivity (Wildman–Crippen MR) is 82.0 cm³/mol. The lowest BCUT2D eigenvalue weighted by Gasteiger charge is -2.05. The normalized spacial score (nSPS) is 10.8. The van der Waals surface area contributed by atoms with Crippen molar-refractivity contribution >= 4 is 12.0 Å². The Morgan fingerprint density at radius 3 is 2.60 bits per heavy atom. The van der Waals surface area contributed by atoms with Crippen LogP contribution in [0, 0.1) is 0 Å². The number of allylic oxidation sites excluding steroid dienone is 1. The lowest BCUT2D eigenvalue weighted by Crippen LogP contribution is -2.01. The first-order chi connectivity index (χ1) is 9.72. The lowest BCUT2D eigenvalue weighted by atomic mass is 10.1. The highest BCUT2D eigenvalue weighted by Crippen LogP contribution is 2.14. The Labute approximate surface area is 121 Å². The Kier molecular flexibility index (Phi) is 8.20. The summed E-state index contributed by atoms with van der Waals surface area (Å²) in [4.78, 5) is 10.4. The van der Waals surface area contributed by atoms with Gasteiger partial charge in [0.15, 0.2) is 0 Å². The van der Waals surface area contributed by atoms with Crippen LogP contribution in [0.2, 0.25) is 0 Å². The average molecular weight is 276 g/mol. The Hall–Kier alpha value is -1.77. The molecule has 0 heterocycles. The highest BCUT2D eigenvalue weighted by Gasteiger charge is 1.97. The van der Waals surface area contributed by atoms with Gasteiger partial charge in [-0.3, -0.25) is 4.79 Å². The molecule has 0 amide bonds. The maximum atomic E-state index is 10.4. The molecule has 110 valence electrons. The molecular formula is C17H24O3. The summed E-state index contributed by atoms with van der Waals surface area (Å²) in [5, 5.41) is 8.52. The van der Waals surface area contributed by atoms with Gasteiger partial charge in [0, 0.05) is 6.42 Å². The fraction of sp³-hybridized carbons (Fsp3) is 0.471. The van der Waals surface area contributed by atoms with Crippen LogP contribution in [0.25, 0.3) is 6.08 Å².